The molecule has 2 aliphatic heterocycles. The second kappa shape index (κ2) is 11.6. The summed E-state index contributed by atoms with van der Waals surface area (Å²) in [5, 5.41) is 11.0. The second-order valence-corrected chi connectivity index (χ2v) is 14.6. The number of fused-ring (bicyclic) bond motifs is 9. The molecule has 11 rings (SSSR count). The summed E-state index contributed by atoms with van der Waals surface area (Å²) in [5.41, 5.74) is 10.9. The Balaban J connectivity index is 1.02. The van der Waals surface area contributed by atoms with Gasteiger partial charge >= 0.3 is 0 Å². The zero-order chi connectivity index (χ0) is 34.2. The van der Waals surface area contributed by atoms with E-state index in [-0.39, 0.29) is 6.04 Å². The number of nitrogens with zero attached hydrogens (tertiary/aromatic N) is 1. The van der Waals surface area contributed by atoms with Crippen LogP contribution < -0.4 is 5.32 Å². The highest BCUT2D eigenvalue weighted by Crippen LogP contribution is 2.52. The van der Waals surface area contributed by atoms with Crippen molar-refractivity contribution in [2.75, 3.05) is 0 Å². The van der Waals surface area contributed by atoms with Crippen LogP contribution in [-0.4, -0.2) is 5.84 Å². The molecule has 9 aromatic rings. The van der Waals surface area contributed by atoms with Crippen LogP contribution in [0.4, 0.5) is 0 Å². The van der Waals surface area contributed by atoms with Gasteiger partial charge in [0.15, 0.2) is 0 Å². The lowest BCUT2D eigenvalue weighted by molar-refractivity contribution is 0.669. The number of rotatable bonds is 4. The SMILES string of the molecule is c1ccc(C2=C3Sc4ccccc4C3NC(c3ccc4c(c3)oc3cc(-c5ccc(-c6cccc7ccccc67)cc5)c5ccccc5c34)=N2)cc1. The predicted molar refractivity (Wildman–Crippen MR) is 218 cm³/mol. The fraction of sp³-hybridized carbons (Fsp3) is 0.0208. The molecule has 0 saturated carbocycles. The molecule has 3 heterocycles. The molecule has 1 N–H and O–H groups in total. The Morgan fingerprint density at radius 1 is 0.500 bits per heavy atom. The van der Waals surface area contributed by atoms with E-state index in [0.29, 0.717) is 0 Å². The van der Waals surface area contributed by atoms with Gasteiger partial charge in [-0.3, -0.25) is 0 Å². The normalized spacial score (nSPS) is 15.2. The average Bonchev–Trinajstić information content (AvgIpc) is 3.78. The largest absolute Gasteiger partial charge is 0.456 e. The first-order valence-electron chi connectivity index (χ1n) is 17.7. The van der Waals surface area contributed by atoms with Crippen LogP contribution in [0.1, 0.15) is 22.7 Å². The Bertz CT molecular complexity index is 2950. The Hall–Kier alpha value is -6.36. The van der Waals surface area contributed by atoms with Crippen molar-refractivity contribution < 1.29 is 4.42 Å². The molecule has 0 bridgehead atoms. The number of hydrogen-bond acceptors (Lipinski definition) is 4. The van der Waals surface area contributed by atoms with Crippen LogP contribution in [0.3, 0.4) is 0 Å². The minimum atomic E-state index is 0.0498. The summed E-state index contributed by atoms with van der Waals surface area (Å²) in [6, 6.07) is 60.7. The first-order chi connectivity index (χ1) is 25.8. The molecule has 0 spiro atoms. The lowest BCUT2D eigenvalue weighted by atomic mass is 9.92. The Kier molecular flexibility index (Phi) is 6.55. The van der Waals surface area contributed by atoms with Gasteiger partial charge in [-0.2, -0.15) is 0 Å². The summed E-state index contributed by atoms with van der Waals surface area (Å²) >= 11 is 1.82. The predicted octanol–water partition coefficient (Wildman–Crippen LogP) is 12.8. The molecule has 1 aromatic heterocycles. The molecule has 0 saturated heterocycles. The molecule has 244 valence electrons. The second-order valence-electron chi connectivity index (χ2n) is 13.5. The van der Waals surface area contributed by atoms with Crippen molar-refractivity contribution in [1.29, 1.82) is 0 Å². The monoisotopic (exact) mass is 682 g/mol. The van der Waals surface area contributed by atoms with E-state index in [1.165, 1.54) is 48.0 Å². The van der Waals surface area contributed by atoms with Gasteiger partial charge in [-0.1, -0.05) is 157 Å². The molecular weight excluding hydrogens is 653 g/mol. The minimum absolute atomic E-state index is 0.0498. The van der Waals surface area contributed by atoms with Crippen LogP contribution in [-0.2, 0) is 0 Å². The molecule has 0 fully saturated rings. The molecule has 1 atom stereocenters. The number of amidine groups is 1. The van der Waals surface area contributed by atoms with E-state index < -0.39 is 0 Å². The third-order valence-corrected chi connectivity index (χ3v) is 11.8. The van der Waals surface area contributed by atoms with E-state index in [0.717, 1.165) is 55.7 Å². The highest BCUT2D eigenvalue weighted by atomic mass is 32.2. The van der Waals surface area contributed by atoms with E-state index >= 15 is 0 Å². The van der Waals surface area contributed by atoms with Crippen molar-refractivity contribution >= 4 is 66.8 Å². The van der Waals surface area contributed by atoms with Gasteiger partial charge in [0.25, 0.3) is 0 Å². The van der Waals surface area contributed by atoms with Crippen molar-refractivity contribution in [3.63, 3.8) is 0 Å². The molecule has 0 aliphatic carbocycles. The highest BCUT2D eigenvalue weighted by molar-refractivity contribution is 8.03. The number of thioether (sulfide) groups is 1. The van der Waals surface area contributed by atoms with Gasteiger partial charge in [0.2, 0.25) is 0 Å². The van der Waals surface area contributed by atoms with Gasteiger partial charge in [-0.05, 0) is 73.6 Å². The number of nitrogens with one attached hydrogen (secondary N) is 1. The minimum Gasteiger partial charge on any atom is -0.456 e. The smallest absolute Gasteiger partial charge is 0.136 e. The molecule has 0 amide bonds. The standard InChI is InChI=1S/C48H30N2OS/c1-2-12-32(13-3-1)45-47-46(39-18-8-9-20-43(39)52-47)50-48(49-45)33-25-26-38-41(27-33)51-42-28-40(36-16-6-7-17-37(36)44(38)42)31-23-21-30(22-24-31)35-19-10-14-29-11-4-5-15-34(29)35/h1-28,46H,(H,49,50). The van der Waals surface area contributed by atoms with Gasteiger partial charge in [0, 0.05) is 31.7 Å². The maximum Gasteiger partial charge on any atom is 0.136 e. The molecule has 2 aliphatic rings. The first kappa shape index (κ1) is 29.4. The number of hydrogen-bond donors (Lipinski definition) is 1. The fourth-order valence-corrected chi connectivity index (χ4v) is 9.33. The zero-order valence-electron chi connectivity index (χ0n) is 28.0. The Morgan fingerprint density at radius 3 is 2.06 bits per heavy atom. The van der Waals surface area contributed by atoms with Gasteiger partial charge in [-0.15, -0.1) is 0 Å². The van der Waals surface area contributed by atoms with Crippen molar-refractivity contribution in [2.45, 2.75) is 10.9 Å². The van der Waals surface area contributed by atoms with E-state index in [2.05, 4.69) is 175 Å². The summed E-state index contributed by atoms with van der Waals surface area (Å²) in [6.07, 6.45) is 0. The third-order valence-electron chi connectivity index (χ3n) is 10.5. The Morgan fingerprint density at radius 2 is 1.19 bits per heavy atom. The molecule has 1 unspecified atom stereocenters. The van der Waals surface area contributed by atoms with Gasteiger partial charge < -0.3 is 9.73 Å². The molecule has 8 aromatic carbocycles. The lowest BCUT2D eigenvalue weighted by Gasteiger charge is -2.25. The number of aliphatic imine (C=N–C) groups is 1. The molecule has 4 heteroatoms. The van der Waals surface area contributed by atoms with Gasteiger partial charge in [-0.25, -0.2) is 4.99 Å². The van der Waals surface area contributed by atoms with E-state index in [1.54, 1.807) is 0 Å². The molecule has 3 nitrogen and oxygen atoms in total. The van der Waals surface area contributed by atoms with Crippen LogP contribution >= 0.6 is 11.8 Å². The molecule has 52 heavy (non-hydrogen) atoms. The summed E-state index contributed by atoms with van der Waals surface area (Å²) in [5.74, 6) is 0.851. The zero-order valence-corrected chi connectivity index (χ0v) is 28.8. The van der Waals surface area contributed by atoms with Gasteiger partial charge in [0.05, 0.1) is 11.7 Å². The van der Waals surface area contributed by atoms with Crippen LogP contribution in [0.2, 0.25) is 0 Å². The third kappa shape index (κ3) is 4.58. The summed E-state index contributed by atoms with van der Waals surface area (Å²) < 4.78 is 6.75. The van der Waals surface area contributed by atoms with Crippen LogP contribution in [0.5, 0.6) is 0 Å². The quantitative estimate of drug-likeness (QED) is 0.201. The van der Waals surface area contributed by atoms with E-state index in [4.69, 9.17) is 9.41 Å². The Labute approximate surface area is 305 Å². The van der Waals surface area contributed by atoms with E-state index in [9.17, 15) is 0 Å². The number of benzene rings is 8. The van der Waals surface area contributed by atoms with Crippen LogP contribution in [0.15, 0.2) is 189 Å². The van der Waals surface area contributed by atoms with Gasteiger partial charge in [0.1, 0.15) is 17.0 Å². The maximum absolute atomic E-state index is 6.75. The fourth-order valence-electron chi connectivity index (χ4n) is 8.08. The average molecular weight is 683 g/mol. The first-order valence-corrected chi connectivity index (χ1v) is 18.5. The maximum atomic E-state index is 6.75. The van der Waals surface area contributed by atoms with Crippen LogP contribution in [0, 0.1) is 0 Å². The summed E-state index contributed by atoms with van der Waals surface area (Å²) in [6.45, 7) is 0. The topological polar surface area (TPSA) is 37.5 Å². The highest BCUT2D eigenvalue weighted by Gasteiger charge is 2.35. The van der Waals surface area contributed by atoms with Crippen molar-refractivity contribution in [1.82, 2.24) is 5.32 Å². The summed E-state index contributed by atoms with van der Waals surface area (Å²) in [7, 11) is 0. The van der Waals surface area contributed by atoms with Crippen molar-refractivity contribution in [3.05, 3.63) is 191 Å². The molecular formula is C48H30N2OS. The molecule has 0 radical (unpaired) electrons. The van der Waals surface area contributed by atoms with E-state index in [1.807, 2.05) is 11.8 Å². The summed E-state index contributed by atoms with van der Waals surface area (Å²) in [4.78, 5) is 7.80. The van der Waals surface area contributed by atoms with Crippen molar-refractivity contribution in [2.24, 2.45) is 4.99 Å². The van der Waals surface area contributed by atoms with Crippen LogP contribution in [0.25, 0.3) is 71.4 Å². The lowest BCUT2D eigenvalue weighted by Crippen LogP contribution is -2.32. The number of furan rings is 1. The van der Waals surface area contributed by atoms with Crippen molar-refractivity contribution in [3.8, 4) is 22.3 Å².